The number of furan rings is 1. The van der Waals surface area contributed by atoms with Gasteiger partial charge in [-0.1, -0.05) is 11.3 Å². The van der Waals surface area contributed by atoms with Crippen LogP contribution < -0.4 is 0 Å². The lowest BCUT2D eigenvalue weighted by atomic mass is 10.2. The fraction of sp³-hybridized carbons (Fsp3) is 0. The van der Waals surface area contributed by atoms with Gasteiger partial charge in [-0.05, 0) is 30.3 Å². The van der Waals surface area contributed by atoms with Crippen molar-refractivity contribution in [2.75, 3.05) is 0 Å². The van der Waals surface area contributed by atoms with Crippen molar-refractivity contribution in [3.63, 3.8) is 0 Å². The largest absolute Gasteiger partial charge is 0.476 e. The molecule has 0 saturated heterocycles. The van der Waals surface area contributed by atoms with Crippen molar-refractivity contribution < 1.29 is 18.7 Å². The van der Waals surface area contributed by atoms with Crippen LogP contribution in [0, 0.1) is 5.82 Å². The molecule has 0 saturated carbocycles. The Morgan fingerprint density at radius 3 is 2.80 bits per heavy atom. The quantitative estimate of drug-likeness (QED) is 0.792. The van der Waals surface area contributed by atoms with Crippen LogP contribution in [-0.2, 0) is 0 Å². The standard InChI is InChI=1S/C13H8FN3O3/c14-8-3-1-4-9(7-8)17-12(10-5-2-6-20-10)11(13(18)19)15-16-17/h1-7H,(H,18,19). The van der Waals surface area contributed by atoms with Crippen molar-refractivity contribution in [3.8, 4) is 17.1 Å². The lowest BCUT2D eigenvalue weighted by Crippen LogP contribution is -2.02. The van der Waals surface area contributed by atoms with Gasteiger partial charge in [0.25, 0.3) is 0 Å². The van der Waals surface area contributed by atoms with E-state index in [1.165, 1.54) is 29.1 Å². The number of hydrogen-bond acceptors (Lipinski definition) is 4. The van der Waals surface area contributed by atoms with Crippen LogP contribution in [0.1, 0.15) is 10.5 Å². The van der Waals surface area contributed by atoms with Gasteiger partial charge in [-0.2, -0.15) is 0 Å². The molecule has 0 unspecified atom stereocenters. The number of rotatable bonds is 3. The number of hydrogen-bond donors (Lipinski definition) is 1. The van der Waals surface area contributed by atoms with Crippen molar-refractivity contribution in [2.45, 2.75) is 0 Å². The smallest absolute Gasteiger partial charge is 0.358 e. The Bertz CT molecular complexity index is 765. The Morgan fingerprint density at radius 1 is 1.30 bits per heavy atom. The van der Waals surface area contributed by atoms with Gasteiger partial charge in [-0.25, -0.2) is 13.9 Å². The molecule has 100 valence electrons. The third kappa shape index (κ3) is 1.95. The van der Waals surface area contributed by atoms with E-state index in [4.69, 9.17) is 9.52 Å². The van der Waals surface area contributed by atoms with Crippen LogP contribution in [0.2, 0.25) is 0 Å². The van der Waals surface area contributed by atoms with Gasteiger partial charge < -0.3 is 9.52 Å². The summed E-state index contributed by atoms with van der Waals surface area (Å²) in [5, 5.41) is 16.5. The molecular weight excluding hydrogens is 265 g/mol. The first kappa shape index (κ1) is 12.1. The van der Waals surface area contributed by atoms with E-state index < -0.39 is 11.8 Å². The Balaban J connectivity index is 2.24. The number of halogens is 1. The van der Waals surface area contributed by atoms with Gasteiger partial charge in [-0.3, -0.25) is 0 Å². The number of carboxylic acids is 1. The highest BCUT2D eigenvalue weighted by Gasteiger charge is 2.23. The fourth-order valence-electron chi connectivity index (χ4n) is 1.85. The molecule has 3 rings (SSSR count). The van der Waals surface area contributed by atoms with E-state index in [0.717, 1.165) is 0 Å². The maximum absolute atomic E-state index is 13.3. The fourth-order valence-corrected chi connectivity index (χ4v) is 1.85. The van der Waals surface area contributed by atoms with Crippen LogP contribution in [0.5, 0.6) is 0 Å². The predicted molar refractivity (Wildman–Crippen MR) is 66.0 cm³/mol. The van der Waals surface area contributed by atoms with Crippen LogP contribution in [0.4, 0.5) is 4.39 Å². The molecular formula is C13H8FN3O3. The maximum atomic E-state index is 13.3. The first-order valence-electron chi connectivity index (χ1n) is 5.65. The van der Waals surface area contributed by atoms with Gasteiger partial charge in [-0.15, -0.1) is 5.10 Å². The molecule has 0 bridgehead atoms. The molecule has 0 aliphatic rings. The molecule has 0 aliphatic carbocycles. The lowest BCUT2D eigenvalue weighted by molar-refractivity contribution is 0.0691. The highest BCUT2D eigenvalue weighted by atomic mass is 19.1. The van der Waals surface area contributed by atoms with Crippen molar-refractivity contribution in [1.29, 1.82) is 0 Å². The third-order valence-corrected chi connectivity index (χ3v) is 2.68. The van der Waals surface area contributed by atoms with Crippen molar-refractivity contribution >= 4 is 5.97 Å². The number of nitrogens with zero attached hydrogens (tertiary/aromatic N) is 3. The highest BCUT2D eigenvalue weighted by Crippen LogP contribution is 2.25. The van der Waals surface area contributed by atoms with Gasteiger partial charge in [0.2, 0.25) is 5.69 Å². The zero-order valence-corrected chi connectivity index (χ0v) is 10.0. The summed E-state index contributed by atoms with van der Waals surface area (Å²) in [6, 6.07) is 8.80. The molecule has 3 aromatic rings. The van der Waals surface area contributed by atoms with Crippen LogP contribution >= 0.6 is 0 Å². The second kappa shape index (κ2) is 4.61. The van der Waals surface area contributed by atoms with Crippen LogP contribution in [0.15, 0.2) is 47.1 Å². The summed E-state index contributed by atoms with van der Waals surface area (Å²) < 4.78 is 19.7. The number of aromatic carboxylic acids is 1. The molecule has 1 aromatic carbocycles. The SMILES string of the molecule is O=C(O)c1nnn(-c2cccc(F)c2)c1-c1ccco1. The average molecular weight is 273 g/mol. The molecule has 0 atom stereocenters. The summed E-state index contributed by atoms with van der Waals surface area (Å²) in [6.07, 6.45) is 1.41. The summed E-state index contributed by atoms with van der Waals surface area (Å²) >= 11 is 0. The van der Waals surface area contributed by atoms with E-state index in [1.54, 1.807) is 18.2 Å². The van der Waals surface area contributed by atoms with Gasteiger partial charge in [0, 0.05) is 0 Å². The van der Waals surface area contributed by atoms with E-state index in [9.17, 15) is 9.18 Å². The van der Waals surface area contributed by atoms with E-state index in [2.05, 4.69) is 10.3 Å². The molecule has 6 nitrogen and oxygen atoms in total. The average Bonchev–Trinajstić information content (AvgIpc) is 3.07. The molecule has 2 aromatic heterocycles. The van der Waals surface area contributed by atoms with E-state index in [0.29, 0.717) is 5.69 Å². The zero-order valence-electron chi connectivity index (χ0n) is 10.0. The van der Waals surface area contributed by atoms with E-state index in [1.807, 2.05) is 0 Å². The molecule has 0 amide bonds. The number of benzene rings is 1. The van der Waals surface area contributed by atoms with Gasteiger partial charge in [0.1, 0.15) is 11.5 Å². The minimum Gasteiger partial charge on any atom is -0.476 e. The topological polar surface area (TPSA) is 81.1 Å². The first-order valence-corrected chi connectivity index (χ1v) is 5.65. The molecule has 0 spiro atoms. The van der Waals surface area contributed by atoms with Crippen LogP contribution in [0.25, 0.3) is 17.1 Å². The normalized spacial score (nSPS) is 10.7. The van der Waals surface area contributed by atoms with Gasteiger partial charge >= 0.3 is 5.97 Å². The van der Waals surface area contributed by atoms with Crippen molar-refractivity contribution in [1.82, 2.24) is 15.0 Å². The maximum Gasteiger partial charge on any atom is 0.358 e. The molecule has 0 fully saturated rings. The lowest BCUT2D eigenvalue weighted by Gasteiger charge is -2.04. The van der Waals surface area contributed by atoms with E-state index >= 15 is 0 Å². The Morgan fingerprint density at radius 2 is 2.15 bits per heavy atom. The van der Waals surface area contributed by atoms with Crippen molar-refractivity contribution in [3.05, 3.63) is 54.2 Å². The summed E-state index contributed by atoms with van der Waals surface area (Å²) in [7, 11) is 0. The summed E-state index contributed by atoms with van der Waals surface area (Å²) in [5.41, 5.74) is 0.258. The Kier molecular flexibility index (Phi) is 2.79. The minimum absolute atomic E-state index is 0.160. The zero-order chi connectivity index (χ0) is 14.1. The van der Waals surface area contributed by atoms with Gasteiger partial charge in [0.05, 0.1) is 12.0 Å². The molecule has 0 aliphatic heterocycles. The highest BCUT2D eigenvalue weighted by molar-refractivity contribution is 5.92. The number of carbonyl (C=O) groups is 1. The Hall–Kier alpha value is -2.96. The summed E-state index contributed by atoms with van der Waals surface area (Å²) in [4.78, 5) is 11.2. The predicted octanol–water partition coefficient (Wildman–Crippen LogP) is 2.36. The minimum atomic E-state index is -1.24. The number of carboxylic acid groups (broad SMARTS) is 1. The second-order valence-electron chi connectivity index (χ2n) is 3.96. The summed E-state index contributed by atoms with van der Waals surface area (Å²) in [5.74, 6) is -1.41. The summed E-state index contributed by atoms with van der Waals surface area (Å²) in [6.45, 7) is 0. The molecule has 20 heavy (non-hydrogen) atoms. The van der Waals surface area contributed by atoms with Crippen LogP contribution in [0.3, 0.4) is 0 Å². The molecule has 0 radical (unpaired) electrons. The van der Waals surface area contributed by atoms with Gasteiger partial charge in [0.15, 0.2) is 5.76 Å². The first-order chi connectivity index (χ1) is 9.66. The Labute approximate surface area is 112 Å². The molecule has 2 heterocycles. The monoisotopic (exact) mass is 273 g/mol. The van der Waals surface area contributed by atoms with Crippen LogP contribution in [-0.4, -0.2) is 26.1 Å². The van der Waals surface area contributed by atoms with E-state index in [-0.39, 0.29) is 17.1 Å². The number of aromatic nitrogens is 3. The van der Waals surface area contributed by atoms with Crippen molar-refractivity contribution in [2.24, 2.45) is 0 Å². The molecule has 1 N–H and O–H groups in total. The third-order valence-electron chi connectivity index (χ3n) is 2.68. The molecule has 7 heteroatoms. The second-order valence-corrected chi connectivity index (χ2v) is 3.96.